The van der Waals surface area contributed by atoms with Crippen LogP contribution >= 0.6 is 0 Å². The monoisotopic (exact) mass is 247 g/mol. The van der Waals surface area contributed by atoms with E-state index in [1.165, 1.54) is 31.4 Å². The van der Waals surface area contributed by atoms with Gasteiger partial charge in [0.05, 0.1) is 6.10 Å². The summed E-state index contributed by atoms with van der Waals surface area (Å²) in [6, 6.07) is 8.85. The predicted octanol–water partition coefficient (Wildman–Crippen LogP) is 4.46. The van der Waals surface area contributed by atoms with Crippen LogP contribution < -0.4 is 10.1 Å². The van der Waals surface area contributed by atoms with Crippen molar-refractivity contribution in [3.05, 3.63) is 24.3 Å². The Morgan fingerprint density at radius 3 is 2.33 bits per heavy atom. The van der Waals surface area contributed by atoms with Gasteiger partial charge in [-0.25, -0.2) is 0 Å². The Labute approximate surface area is 111 Å². The molecule has 0 radical (unpaired) electrons. The molecule has 1 aliphatic rings. The molecule has 1 fully saturated rings. The van der Waals surface area contributed by atoms with Crippen molar-refractivity contribution in [2.75, 3.05) is 5.32 Å². The molecule has 0 aromatic heterocycles. The van der Waals surface area contributed by atoms with E-state index in [0.717, 1.165) is 11.7 Å². The lowest BCUT2D eigenvalue weighted by Gasteiger charge is -2.29. The van der Waals surface area contributed by atoms with E-state index < -0.39 is 0 Å². The van der Waals surface area contributed by atoms with Crippen LogP contribution in [0.4, 0.5) is 5.69 Å². The third-order valence-electron chi connectivity index (χ3n) is 3.55. The minimum absolute atomic E-state index is 0.237. The summed E-state index contributed by atoms with van der Waals surface area (Å²) in [4.78, 5) is 0. The Morgan fingerprint density at radius 1 is 1.17 bits per heavy atom. The molecule has 0 spiro atoms. The lowest BCUT2D eigenvalue weighted by Crippen LogP contribution is -2.23. The number of anilines is 1. The Morgan fingerprint density at radius 2 is 1.83 bits per heavy atom. The van der Waals surface area contributed by atoms with Crippen LogP contribution in [0.15, 0.2) is 24.3 Å². The zero-order valence-electron chi connectivity index (χ0n) is 11.8. The second kappa shape index (κ2) is 6.12. The van der Waals surface area contributed by atoms with Crippen molar-refractivity contribution >= 4 is 5.69 Å². The van der Waals surface area contributed by atoms with E-state index in [9.17, 15) is 0 Å². The minimum atomic E-state index is 0.237. The Bertz CT molecular complexity index is 354. The van der Waals surface area contributed by atoms with Gasteiger partial charge in [0.1, 0.15) is 5.75 Å². The molecule has 1 N–H and O–H groups in total. The number of ether oxygens (including phenoxy) is 1. The number of hydrogen-bond donors (Lipinski definition) is 1. The summed E-state index contributed by atoms with van der Waals surface area (Å²) in [7, 11) is 0. The summed E-state index contributed by atoms with van der Waals surface area (Å²) < 4.78 is 5.64. The van der Waals surface area contributed by atoms with Crippen molar-refractivity contribution in [2.24, 2.45) is 5.92 Å². The van der Waals surface area contributed by atoms with Gasteiger partial charge >= 0.3 is 0 Å². The lowest BCUT2D eigenvalue weighted by atomic mass is 9.81. The van der Waals surface area contributed by atoms with Crippen molar-refractivity contribution in [3.8, 4) is 5.75 Å². The largest absolute Gasteiger partial charge is 0.491 e. The molecule has 2 heteroatoms. The van der Waals surface area contributed by atoms with Crippen molar-refractivity contribution in [3.63, 3.8) is 0 Å². The molecule has 1 unspecified atom stereocenters. The first-order valence-electron chi connectivity index (χ1n) is 7.16. The summed E-state index contributed by atoms with van der Waals surface area (Å²) in [5, 5.41) is 3.57. The van der Waals surface area contributed by atoms with Crippen LogP contribution in [0.25, 0.3) is 0 Å². The Hall–Kier alpha value is -1.18. The fraction of sp³-hybridized carbons (Fsp3) is 0.625. The molecule has 0 aliphatic heterocycles. The molecular weight excluding hydrogens is 222 g/mol. The molecule has 1 aromatic carbocycles. The highest BCUT2D eigenvalue weighted by Crippen LogP contribution is 2.31. The molecule has 0 amide bonds. The first-order chi connectivity index (χ1) is 8.63. The van der Waals surface area contributed by atoms with Crippen molar-refractivity contribution in [2.45, 2.75) is 58.6 Å². The zero-order chi connectivity index (χ0) is 13.0. The molecule has 2 rings (SSSR count). The van der Waals surface area contributed by atoms with E-state index in [0.29, 0.717) is 6.04 Å². The first-order valence-corrected chi connectivity index (χ1v) is 7.16. The van der Waals surface area contributed by atoms with Gasteiger partial charge in [-0.3, -0.25) is 0 Å². The van der Waals surface area contributed by atoms with Crippen LogP contribution in [-0.4, -0.2) is 12.1 Å². The summed E-state index contributed by atoms with van der Waals surface area (Å²) in [5.74, 6) is 1.90. The standard InChI is InChI=1S/C16H25NO/c1-12(2)18-16-9-7-15(8-10-16)17-13(3)11-14-5-4-6-14/h7-10,12-14,17H,4-6,11H2,1-3H3. The fourth-order valence-electron chi connectivity index (χ4n) is 2.47. The first kappa shape index (κ1) is 13.3. The Balaban J connectivity index is 1.81. The third kappa shape index (κ3) is 3.94. The van der Waals surface area contributed by atoms with Crippen LogP contribution in [0, 0.1) is 5.92 Å². The van der Waals surface area contributed by atoms with Gasteiger partial charge in [-0.15, -0.1) is 0 Å². The van der Waals surface area contributed by atoms with E-state index >= 15 is 0 Å². The number of benzene rings is 1. The quantitative estimate of drug-likeness (QED) is 0.801. The van der Waals surface area contributed by atoms with Crippen molar-refractivity contribution < 1.29 is 4.74 Å². The molecule has 1 aromatic rings. The van der Waals surface area contributed by atoms with E-state index in [4.69, 9.17) is 4.74 Å². The fourth-order valence-corrected chi connectivity index (χ4v) is 2.47. The molecule has 1 saturated carbocycles. The number of rotatable bonds is 6. The molecule has 1 atom stereocenters. The SMILES string of the molecule is CC(CC1CCC1)Nc1ccc(OC(C)C)cc1. The smallest absolute Gasteiger partial charge is 0.119 e. The number of nitrogens with one attached hydrogen (secondary N) is 1. The molecule has 0 saturated heterocycles. The van der Waals surface area contributed by atoms with Crippen LogP contribution in [0.3, 0.4) is 0 Å². The molecular formula is C16H25NO. The van der Waals surface area contributed by atoms with Crippen molar-refractivity contribution in [1.29, 1.82) is 0 Å². The summed E-state index contributed by atoms with van der Waals surface area (Å²) in [6.07, 6.45) is 5.81. The number of hydrogen-bond acceptors (Lipinski definition) is 2. The minimum Gasteiger partial charge on any atom is -0.491 e. The Kier molecular flexibility index (Phi) is 4.51. The van der Waals surface area contributed by atoms with Gasteiger partial charge in [-0.1, -0.05) is 19.3 Å². The summed E-state index contributed by atoms with van der Waals surface area (Å²) in [6.45, 7) is 6.37. The molecule has 0 heterocycles. The molecule has 0 bridgehead atoms. The van der Waals surface area contributed by atoms with Crippen LogP contribution in [0.2, 0.25) is 0 Å². The highest BCUT2D eigenvalue weighted by molar-refractivity contribution is 5.47. The van der Waals surface area contributed by atoms with Gasteiger partial charge in [0.2, 0.25) is 0 Å². The normalized spacial score (nSPS) is 17.3. The molecule has 100 valence electrons. The summed E-state index contributed by atoms with van der Waals surface area (Å²) in [5.41, 5.74) is 1.19. The lowest BCUT2D eigenvalue weighted by molar-refractivity contribution is 0.242. The maximum Gasteiger partial charge on any atom is 0.119 e. The average molecular weight is 247 g/mol. The van der Waals surface area contributed by atoms with Crippen LogP contribution in [-0.2, 0) is 0 Å². The maximum atomic E-state index is 5.64. The van der Waals surface area contributed by atoms with Gasteiger partial charge in [0, 0.05) is 11.7 Å². The van der Waals surface area contributed by atoms with Gasteiger partial charge in [-0.05, 0) is 57.4 Å². The predicted molar refractivity (Wildman–Crippen MR) is 77.2 cm³/mol. The highest BCUT2D eigenvalue weighted by atomic mass is 16.5. The van der Waals surface area contributed by atoms with E-state index in [2.05, 4.69) is 24.4 Å². The molecule has 2 nitrogen and oxygen atoms in total. The van der Waals surface area contributed by atoms with E-state index in [1.54, 1.807) is 0 Å². The third-order valence-corrected chi connectivity index (χ3v) is 3.55. The molecule has 18 heavy (non-hydrogen) atoms. The van der Waals surface area contributed by atoms with Crippen LogP contribution in [0.1, 0.15) is 46.5 Å². The average Bonchev–Trinajstić information content (AvgIpc) is 2.26. The van der Waals surface area contributed by atoms with Gasteiger partial charge in [-0.2, -0.15) is 0 Å². The van der Waals surface area contributed by atoms with Crippen LogP contribution in [0.5, 0.6) is 5.75 Å². The highest BCUT2D eigenvalue weighted by Gasteiger charge is 2.19. The second-order valence-electron chi connectivity index (χ2n) is 5.77. The van der Waals surface area contributed by atoms with E-state index in [-0.39, 0.29) is 6.10 Å². The van der Waals surface area contributed by atoms with Gasteiger partial charge < -0.3 is 10.1 Å². The zero-order valence-corrected chi connectivity index (χ0v) is 11.8. The summed E-state index contributed by atoms with van der Waals surface area (Å²) >= 11 is 0. The van der Waals surface area contributed by atoms with Gasteiger partial charge in [0.15, 0.2) is 0 Å². The topological polar surface area (TPSA) is 21.3 Å². The maximum absolute atomic E-state index is 5.64. The van der Waals surface area contributed by atoms with Crippen molar-refractivity contribution in [1.82, 2.24) is 0 Å². The van der Waals surface area contributed by atoms with E-state index in [1.807, 2.05) is 26.0 Å². The second-order valence-corrected chi connectivity index (χ2v) is 5.77. The molecule has 1 aliphatic carbocycles. The van der Waals surface area contributed by atoms with Gasteiger partial charge in [0.25, 0.3) is 0 Å².